The quantitative estimate of drug-likeness (QED) is 0.801. The normalized spacial score (nSPS) is 33.2. The Morgan fingerprint density at radius 3 is 2.87 bits per heavy atom. The molecule has 0 spiro atoms. The third kappa shape index (κ3) is 2.40. The molecule has 124 valence electrons. The van der Waals surface area contributed by atoms with Gasteiger partial charge in [-0.25, -0.2) is 4.79 Å². The Kier molecular flexibility index (Phi) is 3.53. The molecule has 2 aliphatic carbocycles. The third-order valence-corrected chi connectivity index (χ3v) is 6.73. The fraction of sp³-hybridized carbons (Fsp3) is 0.650. The minimum Gasteiger partial charge on any atom is -0.465 e. The molecule has 3 nitrogen and oxygen atoms in total. The summed E-state index contributed by atoms with van der Waals surface area (Å²) in [5.41, 5.74) is 3.69. The van der Waals surface area contributed by atoms with Crippen molar-refractivity contribution in [2.75, 3.05) is 20.2 Å². The van der Waals surface area contributed by atoms with Crippen LogP contribution in [0.1, 0.15) is 54.6 Å². The Labute approximate surface area is 139 Å². The van der Waals surface area contributed by atoms with Gasteiger partial charge in [0.05, 0.1) is 12.7 Å². The van der Waals surface area contributed by atoms with E-state index in [2.05, 4.69) is 30.9 Å². The monoisotopic (exact) mass is 313 g/mol. The van der Waals surface area contributed by atoms with Gasteiger partial charge < -0.3 is 4.74 Å². The Morgan fingerprint density at radius 1 is 1.39 bits per heavy atom. The first kappa shape index (κ1) is 15.2. The number of methoxy groups -OCH3 is 1. The predicted molar refractivity (Wildman–Crippen MR) is 90.7 cm³/mol. The number of nitrogens with zero attached hydrogens (tertiary/aromatic N) is 1. The first-order valence-electron chi connectivity index (χ1n) is 8.98. The van der Waals surface area contributed by atoms with Gasteiger partial charge in [-0.1, -0.05) is 19.9 Å². The van der Waals surface area contributed by atoms with E-state index in [1.165, 1.54) is 50.6 Å². The lowest BCUT2D eigenvalue weighted by atomic mass is 9.59. The molecule has 0 amide bonds. The van der Waals surface area contributed by atoms with E-state index in [-0.39, 0.29) is 11.4 Å². The van der Waals surface area contributed by atoms with Crippen molar-refractivity contribution >= 4 is 5.97 Å². The van der Waals surface area contributed by atoms with E-state index in [0.29, 0.717) is 17.5 Å². The van der Waals surface area contributed by atoms with Crippen LogP contribution in [0.25, 0.3) is 0 Å². The van der Waals surface area contributed by atoms with Crippen molar-refractivity contribution in [3.8, 4) is 0 Å². The van der Waals surface area contributed by atoms with Crippen molar-refractivity contribution in [1.29, 1.82) is 0 Å². The smallest absolute Gasteiger partial charge is 0.337 e. The van der Waals surface area contributed by atoms with Crippen LogP contribution in [0.5, 0.6) is 0 Å². The maximum atomic E-state index is 11.9. The Morgan fingerprint density at radius 2 is 2.17 bits per heavy atom. The molecule has 1 aromatic carbocycles. The summed E-state index contributed by atoms with van der Waals surface area (Å²) in [6.45, 7) is 7.31. The molecule has 1 aromatic rings. The largest absolute Gasteiger partial charge is 0.465 e. The number of carbonyl (C=O) groups is 1. The van der Waals surface area contributed by atoms with Crippen molar-refractivity contribution in [3.63, 3.8) is 0 Å². The molecular formula is C20H27NO2. The SMILES string of the molecule is COC(=O)c1ccc2c(c1)[C@]1(C)CCN(CC3CC3)[C@H](C2)[C@@H]1C. The van der Waals surface area contributed by atoms with E-state index in [4.69, 9.17) is 4.74 Å². The van der Waals surface area contributed by atoms with E-state index in [0.717, 1.165) is 12.3 Å². The van der Waals surface area contributed by atoms with E-state index in [9.17, 15) is 4.79 Å². The molecule has 23 heavy (non-hydrogen) atoms. The number of hydrogen-bond acceptors (Lipinski definition) is 3. The highest BCUT2D eigenvalue weighted by atomic mass is 16.5. The summed E-state index contributed by atoms with van der Waals surface area (Å²) in [6, 6.07) is 6.86. The molecule has 1 saturated carbocycles. The summed E-state index contributed by atoms with van der Waals surface area (Å²) >= 11 is 0. The highest BCUT2D eigenvalue weighted by molar-refractivity contribution is 5.89. The molecule has 0 aromatic heterocycles. The number of rotatable bonds is 3. The molecule has 3 atom stereocenters. The second kappa shape index (κ2) is 5.34. The molecule has 1 heterocycles. The minimum atomic E-state index is -0.225. The molecular weight excluding hydrogens is 286 g/mol. The Balaban J connectivity index is 1.70. The lowest BCUT2D eigenvalue weighted by Gasteiger charge is -2.55. The highest BCUT2D eigenvalue weighted by Gasteiger charge is 2.49. The standard InChI is InChI=1S/C20H27NO2/c1-13-18-11-15-6-7-16(19(22)23-3)10-17(15)20(13,2)8-9-21(18)12-14-4-5-14/h6-7,10,13-14,18H,4-5,8-9,11-12H2,1-3H3/t13-,18+,20+/m0/s1. The van der Waals surface area contributed by atoms with Crippen molar-refractivity contribution in [2.24, 2.45) is 11.8 Å². The molecule has 3 heteroatoms. The van der Waals surface area contributed by atoms with Crippen LogP contribution < -0.4 is 0 Å². The van der Waals surface area contributed by atoms with Gasteiger partial charge in [-0.2, -0.15) is 0 Å². The van der Waals surface area contributed by atoms with Gasteiger partial charge in [0.15, 0.2) is 0 Å². The zero-order valence-corrected chi connectivity index (χ0v) is 14.5. The second-order valence-electron chi connectivity index (χ2n) is 8.03. The van der Waals surface area contributed by atoms with Crippen molar-refractivity contribution in [3.05, 3.63) is 34.9 Å². The zero-order chi connectivity index (χ0) is 16.2. The Hall–Kier alpha value is -1.35. The summed E-state index contributed by atoms with van der Waals surface area (Å²) in [5.74, 6) is 1.36. The van der Waals surface area contributed by atoms with Gasteiger partial charge in [0.1, 0.15) is 0 Å². The van der Waals surface area contributed by atoms with Gasteiger partial charge >= 0.3 is 5.97 Å². The van der Waals surface area contributed by atoms with Gasteiger partial charge in [0.25, 0.3) is 0 Å². The molecule has 0 N–H and O–H groups in total. The molecule has 1 aliphatic heterocycles. The maximum Gasteiger partial charge on any atom is 0.337 e. The number of fused-ring (bicyclic) bond motifs is 4. The van der Waals surface area contributed by atoms with E-state index in [1.807, 2.05) is 6.07 Å². The van der Waals surface area contributed by atoms with Gasteiger partial charge in [-0.3, -0.25) is 4.90 Å². The summed E-state index contributed by atoms with van der Waals surface area (Å²) in [6.07, 6.45) is 5.16. The highest BCUT2D eigenvalue weighted by Crippen LogP contribution is 2.49. The van der Waals surface area contributed by atoms with Crippen LogP contribution in [0, 0.1) is 11.8 Å². The fourth-order valence-corrected chi connectivity index (χ4v) is 4.81. The van der Waals surface area contributed by atoms with Crippen LogP contribution in [0.2, 0.25) is 0 Å². The van der Waals surface area contributed by atoms with Crippen molar-refractivity contribution in [2.45, 2.75) is 51.0 Å². The van der Waals surface area contributed by atoms with E-state index < -0.39 is 0 Å². The zero-order valence-electron chi connectivity index (χ0n) is 14.5. The van der Waals surface area contributed by atoms with Gasteiger partial charge in [0, 0.05) is 12.6 Å². The van der Waals surface area contributed by atoms with Crippen LogP contribution >= 0.6 is 0 Å². The lowest BCUT2D eigenvalue weighted by molar-refractivity contribution is 0.0283. The summed E-state index contributed by atoms with van der Waals surface area (Å²) in [4.78, 5) is 14.7. The second-order valence-corrected chi connectivity index (χ2v) is 8.03. The number of benzene rings is 1. The number of ether oxygens (including phenoxy) is 1. The minimum absolute atomic E-state index is 0.183. The molecule has 3 aliphatic rings. The number of hydrogen-bond donors (Lipinski definition) is 0. The number of carbonyl (C=O) groups excluding carboxylic acids is 1. The number of piperidine rings is 1. The van der Waals surface area contributed by atoms with Gasteiger partial charge in [-0.15, -0.1) is 0 Å². The molecule has 2 fully saturated rings. The fourth-order valence-electron chi connectivity index (χ4n) is 4.81. The van der Waals surface area contributed by atoms with Crippen LogP contribution in [-0.2, 0) is 16.6 Å². The van der Waals surface area contributed by atoms with Crippen molar-refractivity contribution < 1.29 is 9.53 Å². The van der Waals surface area contributed by atoms with Crippen LogP contribution in [0.3, 0.4) is 0 Å². The molecule has 0 radical (unpaired) electrons. The van der Waals surface area contributed by atoms with Gasteiger partial charge in [-0.05, 0) is 72.7 Å². The van der Waals surface area contributed by atoms with Crippen LogP contribution in [0.15, 0.2) is 18.2 Å². The van der Waals surface area contributed by atoms with Gasteiger partial charge in [0.2, 0.25) is 0 Å². The summed E-state index contributed by atoms with van der Waals surface area (Å²) in [7, 11) is 1.46. The topological polar surface area (TPSA) is 29.5 Å². The summed E-state index contributed by atoms with van der Waals surface area (Å²) in [5, 5.41) is 0. The summed E-state index contributed by atoms with van der Waals surface area (Å²) < 4.78 is 4.91. The molecule has 2 bridgehead atoms. The average molecular weight is 313 g/mol. The molecule has 0 unspecified atom stereocenters. The predicted octanol–water partition coefficient (Wildman–Crippen LogP) is 3.41. The lowest BCUT2D eigenvalue weighted by Crippen LogP contribution is -2.58. The first-order valence-corrected chi connectivity index (χ1v) is 8.98. The average Bonchev–Trinajstić information content (AvgIpc) is 3.36. The van der Waals surface area contributed by atoms with Crippen LogP contribution in [-0.4, -0.2) is 37.1 Å². The molecule has 1 saturated heterocycles. The van der Waals surface area contributed by atoms with E-state index in [1.54, 1.807) is 0 Å². The first-order chi connectivity index (χ1) is 11.0. The maximum absolute atomic E-state index is 11.9. The van der Waals surface area contributed by atoms with Crippen molar-refractivity contribution in [1.82, 2.24) is 4.90 Å². The third-order valence-electron chi connectivity index (χ3n) is 6.73. The number of esters is 1. The Bertz CT molecular complexity index is 637. The van der Waals surface area contributed by atoms with E-state index >= 15 is 0 Å². The van der Waals surface area contributed by atoms with Crippen LogP contribution in [0.4, 0.5) is 0 Å². The molecule has 4 rings (SSSR count). The number of likely N-dealkylation sites (tertiary alicyclic amines) is 1.